The lowest BCUT2D eigenvalue weighted by Gasteiger charge is -2.43. The van der Waals surface area contributed by atoms with Crippen molar-refractivity contribution in [1.29, 1.82) is 0 Å². The fraction of sp³-hybridized carbons (Fsp3) is 1.00. The Morgan fingerprint density at radius 1 is 1.20 bits per heavy atom. The molecular weight excluding hydrogens is 244 g/mol. The molecule has 0 aliphatic heterocycles. The predicted octanol–water partition coefficient (Wildman–Crippen LogP) is 4.16. The first-order valence-electron chi connectivity index (χ1n) is 8.98. The van der Waals surface area contributed by atoms with Crippen molar-refractivity contribution in [1.82, 2.24) is 10.2 Å². The minimum atomic E-state index is 0.534. The summed E-state index contributed by atoms with van der Waals surface area (Å²) in [7, 11) is 0. The summed E-state index contributed by atoms with van der Waals surface area (Å²) in [5.74, 6) is 1.77. The van der Waals surface area contributed by atoms with Gasteiger partial charge in [0.05, 0.1) is 0 Å². The number of hydrogen-bond acceptors (Lipinski definition) is 2. The lowest BCUT2D eigenvalue weighted by atomic mass is 9.70. The molecule has 0 spiro atoms. The number of nitrogens with zero attached hydrogens (tertiary/aromatic N) is 1. The highest BCUT2D eigenvalue weighted by atomic mass is 15.1. The van der Waals surface area contributed by atoms with Crippen LogP contribution in [0.2, 0.25) is 0 Å². The topological polar surface area (TPSA) is 15.3 Å². The average molecular weight is 283 g/mol. The van der Waals surface area contributed by atoms with Gasteiger partial charge in [-0.25, -0.2) is 0 Å². The lowest BCUT2D eigenvalue weighted by molar-refractivity contribution is 0.0818. The molecule has 0 amide bonds. The first-order chi connectivity index (χ1) is 9.55. The van der Waals surface area contributed by atoms with Crippen LogP contribution in [-0.2, 0) is 0 Å². The second-order valence-corrected chi connectivity index (χ2v) is 7.30. The predicted molar refractivity (Wildman–Crippen MR) is 90.2 cm³/mol. The highest BCUT2D eigenvalue weighted by Crippen LogP contribution is 2.39. The minimum Gasteiger partial charge on any atom is -0.316 e. The Morgan fingerprint density at radius 2 is 1.85 bits per heavy atom. The third-order valence-corrected chi connectivity index (χ3v) is 5.36. The molecule has 120 valence electrons. The van der Waals surface area contributed by atoms with E-state index < -0.39 is 0 Å². The molecule has 0 bridgehead atoms. The molecule has 1 atom stereocenters. The largest absolute Gasteiger partial charge is 0.316 e. The van der Waals surface area contributed by atoms with Crippen molar-refractivity contribution in [3.8, 4) is 0 Å². The third-order valence-electron chi connectivity index (χ3n) is 5.36. The molecule has 1 aliphatic rings. The molecule has 1 N–H and O–H groups in total. The molecule has 2 heteroatoms. The molecule has 1 rings (SSSR count). The van der Waals surface area contributed by atoms with Gasteiger partial charge in [0.25, 0.3) is 0 Å². The first kappa shape index (κ1) is 18.0. The fourth-order valence-corrected chi connectivity index (χ4v) is 3.51. The molecule has 20 heavy (non-hydrogen) atoms. The van der Waals surface area contributed by atoms with Gasteiger partial charge >= 0.3 is 0 Å². The van der Waals surface area contributed by atoms with Crippen LogP contribution in [0, 0.1) is 17.3 Å². The Hall–Kier alpha value is -0.0800. The highest BCUT2D eigenvalue weighted by Gasteiger charge is 2.35. The van der Waals surface area contributed by atoms with Gasteiger partial charge in [0, 0.05) is 19.6 Å². The normalized spacial score (nSPS) is 28.8. The Morgan fingerprint density at radius 3 is 2.35 bits per heavy atom. The molecule has 1 aliphatic carbocycles. The Kier molecular flexibility index (Phi) is 8.13. The molecular formula is C18H38N2. The summed E-state index contributed by atoms with van der Waals surface area (Å²) in [5.41, 5.74) is 0.534. The molecule has 0 radical (unpaired) electrons. The van der Waals surface area contributed by atoms with E-state index in [1.54, 1.807) is 0 Å². The number of rotatable bonds is 9. The van der Waals surface area contributed by atoms with Crippen molar-refractivity contribution >= 4 is 0 Å². The van der Waals surface area contributed by atoms with Crippen LogP contribution in [0.15, 0.2) is 0 Å². The lowest BCUT2D eigenvalue weighted by Crippen LogP contribution is -2.47. The van der Waals surface area contributed by atoms with Gasteiger partial charge in [-0.1, -0.05) is 53.9 Å². The summed E-state index contributed by atoms with van der Waals surface area (Å²) < 4.78 is 0. The van der Waals surface area contributed by atoms with Crippen LogP contribution in [0.3, 0.4) is 0 Å². The van der Waals surface area contributed by atoms with Crippen LogP contribution < -0.4 is 5.32 Å². The third kappa shape index (κ3) is 5.73. The zero-order valence-electron chi connectivity index (χ0n) is 14.7. The van der Waals surface area contributed by atoms with E-state index in [0.29, 0.717) is 5.41 Å². The van der Waals surface area contributed by atoms with E-state index in [1.807, 2.05) is 0 Å². The SMILES string of the molecule is CCNCC1(CN(CC)CC(C)CC)CCC(C)CC1. The van der Waals surface area contributed by atoms with Gasteiger partial charge in [-0.3, -0.25) is 0 Å². The standard InChI is InChI=1S/C18H38N2/c1-6-16(4)13-20(8-3)15-18(14-19-7-2)11-9-17(5)10-12-18/h16-17,19H,6-15H2,1-5H3. The second-order valence-electron chi connectivity index (χ2n) is 7.30. The molecule has 0 heterocycles. The van der Waals surface area contributed by atoms with Crippen LogP contribution >= 0.6 is 0 Å². The number of hydrogen-bond donors (Lipinski definition) is 1. The van der Waals surface area contributed by atoms with Crippen LogP contribution in [0.4, 0.5) is 0 Å². The minimum absolute atomic E-state index is 0.534. The monoisotopic (exact) mass is 282 g/mol. The Balaban J connectivity index is 2.62. The summed E-state index contributed by atoms with van der Waals surface area (Å²) in [5, 5.41) is 3.64. The summed E-state index contributed by atoms with van der Waals surface area (Å²) in [6, 6.07) is 0. The first-order valence-corrected chi connectivity index (χ1v) is 8.98. The molecule has 1 saturated carbocycles. The van der Waals surface area contributed by atoms with E-state index in [0.717, 1.165) is 18.4 Å². The van der Waals surface area contributed by atoms with Gasteiger partial charge in [-0.2, -0.15) is 0 Å². The smallest absolute Gasteiger partial charge is 0.00501 e. The van der Waals surface area contributed by atoms with Gasteiger partial charge in [0.15, 0.2) is 0 Å². The van der Waals surface area contributed by atoms with Crippen molar-refractivity contribution in [2.24, 2.45) is 17.3 Å². The van der Waals surface area contributed by atoms with Gasteiger partial charge in [-0.05, 0) is 43.2 Å². The van der Waals surface area contributed by atoms with Crippen molar-refractivity contribution in [3.63, 3.8) is 0 Å². The maximum absolute atomic E-state index is 3.64. The van der Waals surface area contributed by atoms with Gasteiger partial charge in [0.2, 0.25) is 0 Å². The zero-order chi connectivity index (χ0) is 15.0. The van der Waals surface area contributed by atoms with Crippen LogP contribution in [-0.4, -0.2) is 37.6 Å². The van der Waals surface area contributed by atoms with Crippen LogP contribution in [0.1, 0.15) is 66.7 Å². The van der Waals surface area contributed by atoms with Gasteiger partial charge in [0.1, 0.15) is 0 Å². The van der Waals surface area contributed by atoms with Crippen LogP contribution in [0.25, 0.3) is 0 Å². The Bertz CT molecular complexity index is 238. The van der Waals surface area contributed by atoms with Crippen molar-refractivity contribution < 1.29 is 0 Å². The zero-order valence-corrected chi connectivity index (χ0v) is 14.7. The molecule has 0 aromatic heterocycles. The van der Waals surface area contributed by atoms with E-state index >= 15 is 0 Å². The molecule has 0 aromatic carbocycles. The molecule has 0 saturated heterocycles. The van der Waals surface area contributed by atoms with Crippen molar-refractivity contribution in [2.75, 3.05) is 32.7 Å². The molecule has 1 fully saturated rings. The average Bonchev–Trinajstić information content (AvgIpc) is 2.47. The number of nitrogens with one attached hydrogen (secondary N) is 1. The van der Waals surface area contributed by atoms with E-state index in [2.05, 4.69) is 44.8 Å². The summed E-state index contributed by atoms with van der Waals surface area (Å²) in [6.45, 7) is 17.8. The maximum atomic E-state index is 3.64. The molecule has 0 aromatic rings. The second kappa shape index (κ2) is 9.04. The molecule has 2 nitrogen and oxygen atoms in total. The summed E-state index contributed by atoms with van der Waals surface area (Å²) in [4.78, 5) is 2.71. The molecule has 1 unspecified atom stereocenters. The quantitative estimate of drug-likeness (QED) is 0.683. The van der Waals surface area contributed by atoms with Gasteiger partial charge in [-0.15, -0.1) is 0 Å². The summed E-state index contributed by atoms with van der Waals surface area (Å²) >= 11 is 0. The van der Waals surface area contributed by atoms with E-state index in [4.69, 9.17) is 0 Å². The van der Waals surface area contributed by atoms with E-state index in [-0.39, 0.29) is 0 Å². The van der Waals surface area contributed by atoms with E-state index in [9.17, 15) is 0 Å². The van der Waals surface area contributed by atoms with Crippen molar-refractivity contribution in [2.45, 2.75) is 66.7 Å². The highest BCUT2D eigenvalue weighted by molar-refractivity contribution is 4.89. The summed E-state index contributed by atoms with van der Waals surface area (Å²) in [6.07, 6.45) is 6.97. The van der Waals surface area contributed by atoms with Crippen LogP contribution in [0.5, 0.6) is 0 Å². The fourth-order valence-electron chi connectivity index (χ4n) is 3.51. The Labute approximate surface area is 127 Å². The van der Waals surface area contributed by atoms with E-state index in [1.165, 1.54) is 58.3 Å². The van der Waals surface area contributed by atoms with Crippen molar-refractivity contribution in [3.05, 3.63) is 0 Å². The van der Waals surface area contributed by atoms with Gasteiger partial charge < -0.3 is 10.2 Å². The maximum Gasteiger partial charge on any atom is 0.00501 e.